The molecule has 0 saturated carbocycles. The topological polar surface area (TPSA) is 68.9 Å². The number of nitrogens with zero attached hydrogens (tertiary/aromatic N) is 1. The van der Waals surface area contributed by atoms with Gasteiger partial charge in [-0.2, -0.15) is 0 Å². The molecule has 0 heterocycles. The molecule has 22 heavy (non-hydrogen) atoms. The lowest BCUT2D eigenvalue weighted by molar-refractivity contribution is 0.145. The van der Waals surface area contributed by atoms with Crippen LogP contribution >= 0.6 is 24.0 Å². The van der Waals surface area contributed by atoms with Crippen molar-refractivity contribution >= 4 is 29.9 Å². The van der Waals surface area contributed by atoms with E-state index in [0.717, 1.165) is 43.9 Å². The number of nitrogens with two attached hydrogens (primary N) is 1. The van der Waals surface area contributed by atoms with E-state index in [-0.39, 0.29) is 24.0 Å². The minimum atomic E-state index is 0. The Balaban J connectivity index is 0.00000441. The van der Waals surface area contributed by atoms with Gasteiger partial charge in [-0.25, -0.2) is 0 Å². The Hall–Kier alpha value is -1.02. The van der Waals surface area contributed by atoms with E-state index in [9.17, 15) is 0 Å². The lowest BCUT2D eigenvalue weighted by Gasteiger charge is -2.08. The van der Waals surface area contributed by atoms with E-state index in [0.29, 0.717) is 19.1 Å². The number of guanidine groups is 1. The highest BCUT2D eigenvalue weighted by molar-refractivity contribution is 14.0. The molecule has 3 N–H and O–H groups in total. The average Bonchev–Trinajstić information content (AvgIpc) is 2.48. The molecule has 0 fully saturated rings. The van der Waals surface area contributed by atoms with Crippen molar-refractivity contribution in [3.63, 3.8) is 0 Å². The van der Waals surface area contributed by atoms with Gasteiger partial charge in [0.1, 0.15) is 5.75 Å². The van der Waals surface area contributed by atoms with Crippen LogP contribution in [-0.2, 0) is 4.74 Å². The Morgan fingerprint density at radius 2 is 2.00 bits per heavy atom. The number of hydrogen-bond donors (Lipinski definition) is 2. The van der Waals surface area contributed by atoms with Gasteiger partial charge in [-0.15, -0.1) is 24.0 Å². The molecule has 0 radical (unpaired) electrons. The van der Waals surface area contributed by atoms with E-state index in [2.05, 4.69) is 10.3 Å². The predicted molar refractivity (Wildman–Crippen MR) is 102 cm³/mol. The minimum absolute atomic E-state index is 0. The second kappa shape index (κ2) is 13.6. The number of para-hydroxylation sites is 1. The first-order valence-corrected chi connectivity index (χ1v) is 7.54. The lowest BCUT2D eigenvalue weighted by Crippen LogP contribution is -2.33. The molecule has 0 saturated heterocycles. The van der Waals surface area contributed by atoms with Crippen molar-refractivity contribution in [1.29, 1.82) is 0 Å². The molecule has 0 spiro atoms. The largest absolute Gasteiger partial charge is 0.493 e. The highest BCUT2D eigenvalue weighted by atomic mass is 127. The minimum Gasteiger partial charge on any atom is -0.493 e. The van der Waals surface area contributed by atoms with E-state index >= 15 is 0 Å². The van der Waals surface area contributed by atoms with Crippen LogP contribution in [-0.4, -0.2) is 38.9 Å². The first kappa shape index (κ1) is 21.0. The Morgan fingerprint density at radius 3 is 2.73 bits per heavy atom. The molecule has 0 amide bonds. The molecule has 0 atom stereocenters. The first-order valence-electron chi connectivity index (χ1n) is 7.54. The van der Waals surface area contributed by atoms with Crippen molar-refractivity contribution in [3.8, 4) is 5.75 Å². The van der Waals surface area contributed by atoms with Gasteiger partial charge >= 0.3 is 0 Å². The number of rotatable bonds is 10. The molecule has 1 rings (SSSR count). The van der Waals surface area contributed by atoms with Gasteiger partial charge in [0.05, 0.1) is 6.61 Å². The van der Waals surface area contributed by atoms with E-state index in [1.807, 2.05) is 38.1 Å². The Kier molecular flexibility index (Phi) is 13.0. The predicted octanol–water partition coefficient (Wildman–Crippen LogP) is 2.71. The van der Waals surface area contributed by atoms with Crippen molar-refractivity contribution in [3.05, 3.63) is 29.8 Å². The molecule has 0 aliphatic carbocycles. The Labute approximate surface area is 150 Å². The molecule has 126 valence electrons. The highest BCUT2D eigenvalue weighted by Gasteiger charge is 1.97. The number of aryl methyl sites for hydroxylation is 1. The molecule has 6 heteroatoms. The fraction of sp³-hybridized carbons (Fsp3) is 0.562. The monoisotopic (exact) mass is 421 g/mol. The summed E-state index contributed by atoms with van der Waals surface area (Å²) in [6.45, 7) is 7.63. The van der Waals surface area contributed by atoms with Crippen LogP contribution in [0.1, 0.15) is 25.3 Å². The van der Waals surface area contributed by atoms with Crippen LogP contribution in [0, 0.1) is 6.92 Å². The van der Waals surface area contributed by atoms with Gasteiger partial charge in [0.2, 0.25) is 0 Å². The van der Waals surface area contributed by atoms with Gasteiger partial charge in [0.25, 0.3) is 0 Å². The highest BCUT2D eigenvalue weighted by Crippen LogP contribution is 2.15. The molecule has 0 aliphatic rings. The van der Waals surface area contributed by atoms with Crippen molar-refractivity contribution in [2.75, 3.05) is 32.9 Å². The van der Waals surface area contributed by atoms with Gasteiger partial charge in [-0.3, -0.25) is 4.99 Å². The van der Waals surface area contributed by atoms with Gasteiger partial charge < -0.3 is 20.5 Å². The number of aliphatic imine (C=N–C) groups is 1. The maximum absolute atomic E-state index is 5.76. The summed E-state index contributed by atoms with van der Waals surface area (Å²) < 4.78 is 10.9. The molecular weight excluding hydrogens is 393 g/mol. The van der Waals surface area contributed by atoms with Crippen molar-refractivity contribution in [1.82, 2.24) is 5.32 Å². The van der Waals surface area contributed by atoms with Gasteiger partial charge in [0, 0.05) is 32.7 Å². The zero-order valence-electron chi connectivity index (χ0n) is 13.5. The van der Waals surface area contributed by atoms with E-state index in [1.165, 1.54) is 0 Å². The molecule has 0 aliphatic heterocycles. The molecule has 5 nitrogen and oxygen atoms in total. The van der Waals surface area contributed by atoms with Crippen LogP contribution in [0.4, 0.5) is 0 Å². The summed E-state index contributed by atoms with van der Waals surface area (Å²) in [5.41, 5.74) is 6.91. The lowest BCUT2D eigenvalue weighted by atomic mass is 10.2. The smallest absolute Gasteiger partial charge is 0.188 e. The first-order chi connectivity index (χ1) is 10.2. The SMILES string of the molecule is CCOCCCNC(N)=NCCCOc1ccccc1C.I. The molecule has 0 aromatic heterocycles. The second-order valence-electron chi connectivity index (χ2n) is 4.71. The normalized spacial score (nSPS) is 10.9. The van der Waals surface area contributed by atoms with Crippen LogP contribution in [0.3, 0.4) is 0 Å². The van der Waals surface area contributed by atoms with Crippen molar-refractivity contribution < 1.29 is 9.47 Å². The third-order valence-electron chi connectivity index (χ3n) is 2.91. The number of benzene rings is 1. The number of nitrogens with one attached hydrogen (secondary N) is 1. The molecule has 0 unspecified atom stereocenters. The van der Waals surface area contributed by atoms with Gasteiger partial charge in [0.15, 0.2) is 5.96 Å². The Morgan fingerprint density at radius 1 is 1.23 bits per heavy atom. The fourth-order valence-corrected chi connectivity index (χ4v) is 1.76. The van der Waals surface area contributed by atoms with Crippen LogP contribution < -0.4 is 15.8 Å². The summed E-state index contributed by atoms with van der Waals surface area (Å²) >= 11 is 0. The zero-order valence-corrected chi connectivity index (χ0v) is 15.8. The third kappa shape index (κ3) is 9.83. The molecule has 1 aromatic carbocycles. The summed E-state index contributed by atoms with van der Waals surface area (Å²) in [7, 11) is 0. The number of ether oxygens (including phenoxy) is 2. The summed E-state index contributed by atoms with van der Waals surface area (Å²) in [6.07, 6.45) is 1.77. The Bertz CT molecular complexity index is 428. The van der Waals surface area contributed by atoms with Crippen LogP contribution in [0.5, 0.6) is 5.75 Å². The standard InChI is InChI=1S/C16H27N3O2.HI/c1-3-20-12-6-10-18-16(17)19-11-7-13-21-15-9-5-4-8-14(15)2;/h4-5,8-9H,3,6-7,10-13H2,1-2H3,(H3,17,18,19);1H. The average molecular weight is 421 g/mol. The van der Waals surface area contributed by atoms with E-state index in [4.69, 9.17) is 15.2 Å². The zero-order chi connectivity index (χ0) is 15.3. The van der Waals surface area contributed by atoms with E-state index in [1.54, 1.807) is 0 Å². The summed E-state index contributed by atoms with van der Waals surface area (Å²) in [4.78, 5) is 4.26. The maximum atomic E-state index is 5.76. The fourth-order valence-electron chi connectivity index (χ4n) is 1.76. The van der Waals surface area contributed by atoms with Crippen LogP contribution in [0.15, 0.2) is 29.3 Å². The van der Waals surface area contributed by atoms with Gasteiger partial charge in [-0.05, 0) is 31.9 Å². The second-order valence-corrected chi connectivity index (χ2v) is 4.71. The summed E-state index contributed by atoms with van der Waals surface area (Å²) in [5.74, 6) is 1.42. The summed E-state index contributed by atoms with van der Waals surface area (Å²) in [5, 5.41) is 3.07. The number of halogens is 1. The van der Waals surface area contributed by atoms with Crippen LogP contribution in [0.25, 0.3) is 0 Å². The number of hydrogen-bond acceptors (Lipinski definition) is 3. The molecule has 1 aromatic rings. The van der Waals surface area contributed by atoms with Crippen LogP contribution in [0.2, 0.25) is 0 Å². The molecule has 0 bridgehead atoms. The summed E-state index contributed by atoms with van der Waals surface area (Å²) in [6, 6.07) is 8.00. The quantitative estimate of drug-likeness (QED) is 0.264. The van der Waals surface area contributed by atoms with E-state index < -0.39 is 0 Å². The van der Waals surface area contributed by atoms with Gasteiger partial charge in [-0.1, -0.05) is 18.2 Å². The third-order valence-corrected chi connectivity index (χ3v) is 2.91. The maximum Gasteiger partial charge on any atom is 0.188 e. The van der Waals surface area contributed by atoms with Crippen molar-refractivity contribution in [2.24, 2.45) is 10.7 Å². The molecular formula is C16H28IN3O2. The van der Waals surface area contributed by atoms with Crippen molar-refractivity contribution in [2.45, 2.75) is 26.7 Å².